The number of nitrogens with one attached hydrogen (secondary N) is 2. The number of aryl methyl sites for hydroxylation is 4. The van der Waals surface area contributed by atoms with Gasteiger partial charge in [-0.05, 0) is 51.0 Å². The summed E-state index contributed by atoms with van der Waals surface area (Å²) >= 11 is 0. The molecule has 126 valence electrons. The Kier molecular flexibility index (Phi) is 5.74. The molecule has 2 rings (SSSR count). The van der Waals surface area contributed by atoms with Crippen LogP contribution in [0.1, 0.15) is 38.2 Å². The van der Waals surface area contributed by atoms with Gasteiger partial charge in [0.25, 0.3) is 5.91 Å². The lowest BCUT2D eigenvalue weighted by Gasteiger charge is -2.10. The molecule has 4 nitrogen and oxygen atoms in total. The van der Waals surface area contributed by atoms with Crippen LogP contribution < -0.4 is 10.6 Å². The highest BCUT2D eigenvalue weighted by Gasteiger charge is 2.09. The summed E-state index contributed by atoms with van der Waals surface area (Å²) in [7, 11) is 0. The van der Waals surface area contributed by atoms with Crippen LogP contribution in [-0.4, -0.2) is 18.4 Å². The zero-order valence-electron chi connectivity index (χ0n) is 14.7. The molecule has 0 fully saturated rings. The molecule has 0 aliphatic carbocycles. The predicted molar refractivity (Wildman–Crippen MR) is 96.0 cm³/mol. The van der Waals surface area contributed by atoms with Crippen molar-refractivity contribution in [3.63, 3.8) is 0 Å². The standard InChI is InChI=1S/C20H24N2O2/c1-13-5-6-17(16(4)8-13)11-21-19(23)12-22-20(24)18-9-14(2)7-15(3)10-18/h5-10H,11-12H2,1-4H3,(H,21,23)(H,22,24). The fourth-order valence-electron chi connectivity index (χ4n) is 2.67. The quantitative estimate of drug-likeness (QED) is 0.888. The van der Waals surface area contributed by atoms with Crippen molar-refractivity contribution in [3.8, 4) is 0 Å². The molecule has 2 aromatic rings. The van der Waals surface area contributed by atoms with Crippen molar-refractivity contribution in [2.24, 2.45) is 0 Å². The van der Waals surface area contributed by atoms with Crippen molar-refractivity contribution in [1.82, 2.24) is 10.6 Å². The number of hydrogen-bond donors (Lipinski definition) is 2. The zero-order chi connectivity index (χ0) is 17.7. The maximum atomic E-state index is 12.1. The minimum absolute atomic E-state index is 0.0310. The Hall–Kier alpha value is -2.62. The molecule has 0 aliphatic heterocycles. The topological polar surface area (TPSA) is 58.2 Å². The summed E-state index contributed by atoms with van der Waals surface area (Å²) in [6.07, 6.45) is 0. The molecular weight excluding hydrogens is 300 g/mol. The van der Waals surface area contributed by atoms with E-state index >= 15 is 0 Å². The molecule has 0 heterocycles. The van der Waals surface area contributed by atoms with Gasteiger partial charge in [0.1, 0.15) is 0 Å². The molecule has 0 spiro atoms. The predicted octanol–water partition coefficient (Wildman–Crippen LogP) is 2.97. The second kappa shape index (κ2) is 7.77. The Bertz CT molecular complexity index is 746. The minimum Gasteiger partial charge on any atom is -0.350 e. The van der Waals surface area contributed by atoms with Gasteiger partial charge in [-0.2, -0.15) is 0 Å². The van der Waals surface area contributed by atoms with E-state index in [1.165, 1.54) is 5.56 Å². The van der Waals surface area contributed by atoms with Crippen molar-refractivity contribution < 1.29 is 9.59 Å². The van der Waals surface area contributed by atoms with Crippen LogP contribution in [0.4, 0.5) is 0 Å². The van der Waals surface area contributed by atoms with Gasteiger partial charge < -0.3 is 10.6 Å². The SMILES string of the molecule is Cc1cc(C)cc(C(=O)NCC(=O)NCc2ccc(C)cc2C)c1. The van der Waals surface area contributed by atoms with E-state index in [1.54, 1.807) is 0 Å². The largest absolute Gasteiger partial charge is 0.350 e. The van der Waals surface area contributed by atoms with Crippen LogP contribution in [0, 0.1) is 27.7 Å². The van der Waals surface area contributed by atoms with E-state index in [0.717, 1.165) is 22.3 Å². The van der Waals surface area contributed by atoms with Gasteiger partial charge in [-0.25, -0.2) is 0 Å². The van der Waals surface area contributed by atoms with E-state index in [-0.39, 0.29) is 18.4 Å². The first-order valence-corrected chi connectivity index (χ1v) is 8.04. The molecular formula is C20H24N2O2. The summed E-state index contributed by atoms with van der Waals surface area (Å²) in [6.45, 7) is 8.39. The number of benzene rings is 2. The third-order valence-electron chi connectivity index (χ3n) is 3.87. The number of amides is 2. The Morgan fingerprint density at radius 1 is 0.833 bits per heavy atom. The summed E-state index contributed by atoms with van der Waals surface area (Å²) in [4.78, 5) is 24.1. The molecule has 0 aliphatic rings. The van der Waals surface area contributed by atoms with Crippen molar-refractivity contribution in [3.05, 3.63) is 69.8 Å². The number of carbonyl (C=O) groups excluding carboxylic acids is 2. The molecule has 2 amide bonds. The highest BCUT2D eigenvalue weighted by molar-refractivity contribution is 5.96. The first-order chi connectivity index (χ1) is 11.3. The van der Waals surface area contributed by atoms with Gasteiger partial charge in [0.05, 0.1) is 6.54 Å². The van der Waals surface area contributed by atoms with Crippen molar-refractivity contribution in [1.29, 1.82) is 0 Å². The monoisotopic (exact) mass is 324 g/mol. The average Bonchev–Trinajstić information content (AvgIpc) is 2.50. The van der Waals surface area contributed by atoms with Crippen molar-refractivity contribution in [2.45, 2.75) is 34.2 Å². The number of hydrogen-bond acceptors (Lipinski definition) is 2. The first-order valence-electron chi connectivity index (χ1n) is 8.04. The van der Waals surface area contributed by atoms with Gasteiger partial charge in [-0.1, -0.05) is 41.0 Å². The lowest BCUT2D eigenvalue weighted by molar-refractivity contribution is -0.120. The van der Waals surface area contributed by atoms with Crippen LogP contribution in [0.3, 0.4) is 0 Å². The normalized spacial score (nSPS) is 10.3. The Morgan fingerprint density at radius 2 is 1.50 bits per heavy atom. The van der Waals surface area contributed by atoms with E-state index in [2.05, 4.69) is 16.7 Å². The fourth-order valence-corrected chi connectivity index (χ4v) is 2.67. The molecule has 0 unspecified atom stereocenters. The van der Waals surface area contributed by atoms with Gasteiger partial charge in [0.2, 0.25) is 5.91 Å². The molecule has 4 heteroatoms. The molecule has 0 saturated heterocycles. The van der Waals surface area contributed by atoms with E-state index in [1.807, 2.05) is 58.0 Å². The second-order valence-electron chi connectivity index (χ2n) is 6.27. The molecule has 24 heavy (non-hydrogen) atoms. The van der Waals surface area contributed by atoms with Gasteiger partial charge in [0.15, 0.2) is 0 Å². The number of carbonyl (C=O) groups is 2. The zero-order valence-corrected chi connectivity index (χ0v) is 14.7. The third kappa shape index (κ3) is 4.95. The van der Waals surface area contributed by atoms with Crippen LogP contribution >= 0.6 is 0 Å². The summed E-state index contributed by atoms with van der Waals surface area (Å²) < 4.78 is 0. The summed E-state index contributed by atoms with van der Waals surface area (Å²) in [5, 5.41) is 5.50. The highest BCUT2D eigenvalue weighted by atomic mass is 16.2. The summed E-state index contributed by atoms with van der Waals surface area (Å²) in [5.41, 5.74) is 6.06. The maximum Gasteiger partial charge on any atom is 0.251 e. The van der Waals surface area contributed by atoms with Gasteiger partial charge in [0, 0.05) is 12.1 Å². The van der Waals surface area contributed by atoms with Crippen LogP contribution in [0.5, 0.6) is 0 Å². The van der Waals surface area contributed by atoms with Gasteiger partial charge in [-0.3, -0.25) is 9.59 Å². The molecule has 2 N–H and O–H groups in total. The highest BCUT2D eigenvalue weighted by Crippen LogP contribution is 2.10. The lowest BCUT2D eigenvalue weighted by Crippen LogP contribution is -2.36. The van der Waals surface area contributed by atoms with Gasteiger partial charge >= 0.3 is 0 Å². The van der Waals surface area contributed by atoms with Crippen molar-refractivity contribution >= 4 is 11.8 Å². The molecule has 0 bridgehead atoms. The summed E-state index contributed by atoms with van der Waals surface area (Å²) in [5.74, 6) is -0.434. The van der Waals surface area contributed by atoms with Crippen LogP contribution in [0.15, 0.2) is 36.4 Å². The third-order valence-corrected chi connectivity index (χ3v) is 3.87. The van der Waals surface area contributed by atoms with Crippen molar-refractivity contribution in [2.75, 3.05) is 6.54 Å². The van der Waals surface area contributed by atoms with E-state index in [4.69, 9.17) is 0 Å². The Balaban J connectivity index is 1.85. The van der Waals surface area contributed by atoms with E-state index in [9.17, 15) is 9.59 Å². The Labute approximate surface area is 143 Å². The molecule has 0 atom stereocenters. The van der Waals surface area contributed by atoms with Gasteiger partial charge in [-0.15, -0.1) is 0 Å². The number of rotatable bonds is 5. The van der Waals surface area contributed by atoms with Crippen LogP contribution in [0.25, 0.3) is 0 Å². The Morgan fingerprint density at radius 3 is 2.12 bits per heavy atom. The van der Waals surface area contributed by atoms with E-state index in [0.29, 0.717) is 12.1 Å². The summed E-state index contributed by atoms with van der Waals surface area (Å²) in [6, 6.07) is 11.8. The minimum atomic E-state index is -0.233. The van der Waals surface area contributed by atoms with Crippen LogP contribution in [-0.2, 0) is 11.3 Å². The second-order valence-corrected chi connectivity index (χ2v) is 6.27. The molecule has 0 radical (unpaired) electrons. The molecule has 0 saturated carbocycles. The first kappa shape index (κ1) is 17.7. The smallest absolute Gasteiger partial charge is 0.251 e. The average molecular weight is 324 g/mol. The lowest BCUT2D eigenvalue weighted by atomic mass is 10.1. The molecule has 0 aromatic heterocycles. The van der Waals surface area contributed by atoms with E-state index < -0.39 is 0 Å². The molecule has 2 aromatic carbocycles. The maximum absolute atomic E-state index is 12.1. The van der Waals surface area contributed by atoms with Crippen LogP contribution in [0.2, 0.25) is 0 Å². The fraction of sp³-hybridized carbons (Fsp3) is 0.300.